The maximum absolute atomic E-state index is 9.06. The van der Waals surface area contributed by atoms with E-state index in [1.54, 1.807) is 20.3 Å². The SMILES string of the molecule is C=CC(=C)C.C=CC=O.COc1ccc(C)cc1.COc1ccc(C)cc1. The third kappa shape index (κ3) is 17.5. The minimum Gasteiger partial charge on any atom is -0.497 e. The van der Waals surface area contributed by atoms with E-state index in [1.807, 2.05) is 55.5 Å². The predicted octanol–water partition coefficient (Wildman–Crippen LogP) is 6.13. The fourth-order valence-corrected chi connectivity index (χ4v) is 1.35. The van der Waals surface area contributed by atoms with E-state index in [0.29, 0.717) is 6.29 Å². The van der Waals surface area contributed by atoms with Gasteiger partial charge in [0.15, 0.2) is 0 Å². The van der Waals surface area contributed by atoms with E-state index in [1.165, 1.54) is 17.2 Å². The zero-order valence-corrected chi connectivity index (χ0v) is 17.2. The lowest BCUT2D eigenvalue weighted by Gasteiger charge is -1.97. The quantitative estimate of drug-likeness (QED) is 0.370. The Balaban J connectivity index is 0. The zero-order chi connectivity index (χ0) is 21.1. The molecule has 0 aromatic heterocycles. The molecule has 0 saturated heterocycles. The molecule has 0 N–H and O–H groups in total. The van der Waals surface area contributed by atoms with Crippen LogP contribution < -0.4 is 9.47 Å². The Morgan fingerprint density at radius 2 is 1.07 bits per heavy atom. The first-order valence-corrected chi connectivity index (χ1v) is 8.40. The third-order valence-corrected chi connectivity index (χ3v) is 2.96. The fraction of sp³-hybridized carbons (Fsp3) is 0.208. The zero-order valence-electron chi connectivity index (χ0n) is 17.2. The number of benzene rings is 2. The van der Waals surface area contributed by atoms with Gasteiger partial charge in [0.1, 0.15) is 17.8 Å². The molecule has 0 fully saturated rings. The van der Waals surface area contributed by atoms with Crippen LogP contribution in [0.2, 0.25) is 0 Å². The standard InChI is InChI=1S/2C8H10O.C5H8.C3H4O/c2*1-7-3-5-8(9-2)6-4-7;1-4-5(2)3;1-2-3-4/h2*3-6H,1-2H3;4H,1-2H2,3H3;2-3H,1H2. The minimum atomic E-state index is 0.639. The maximum Gasteiger partial charge on any atom is 0.142 e. The normalized spacial score (nSPS) is 8.04. The highest BCUT2D eigenvalue weighted by molar-refractivity contribution is 5.63. The van der Waals surface area contributed by atoms with Crippen LogP contribution in [0.5, 0.6) is 11.5 Å². The summed E-state index contributed by atoms with van der Waals surface area (Å²) in [6, 6.07) is 15.9. The second-order valence-corrected chi connectivity index (χ2v) is 5.46. The van der Waals surface area contributed by atoms with Gasteiger partial charge in [0.05, 0.1) is 14.2 Å². The summed E-state index contributed by atoms with van der Waals surface area (Å²) in [5, 5.41) is 0. The van der Waals surface area contributed by atoms with E-state index < -0.39 is 0 Å². The molecule has 3 nitrogen and oxygen atoms in total. The number of ether oxygens (including phenoxy) is 2. The molecule has 0 aliphatic heterocycles. The maximum atomic E-state index is 9.06. The van der Waals surface area contributed by atoms with Gasteiger partial charge < -0.3 is 9.47 Å². The molecular formula is C24H32O3. The van der Waals surface area contributed by atoms with Gasteiger partial charge in [-0.2, -0.15) is 0 Å². The van der Waals surface area contributed by atoms with E-state index in [2.05, 4.69) is 33.6 Å². The summed E-state index contributed by atoms with van der Waals surface area (Å²) < 4.78 is 9.94. The van der Waals surface area contributed by atoms with E-state index >= 15 is 0 Å². The van der Waals surface area contributed by atoms with Gasteiger partial charge in [-0.1, -0.05) is 66.8 Å². The van der Waals surface area contributed by atoms with Crippen molar-refractivity contribution < 1.29 is 14.3 Å². The highest BCUT2D eigenvalue weighted by Crippen LogP contribution is 2.10. The molecule has 2 aromatic rings. The molecule has 2 aromatic carbocycles. The lowest BCUT2D eigenvalue weighted by atomic mass is 10.2. The van der Waals surface area contributed by atoms with Crippen LogP contribution in [0, 0.1) is 13.8 Å². The monoisotopic (exact) mass is 368 g/mol. The van der Waals surface area contributed by atoms with Gasteiger partial charge in [-0.25, -0.2) is 0 Å². The van der Waals surface area contributed by atoms with E-state index in [-0.39, 0.29) is 0 Å². The summed E-state index contributed by atoms with van der Waals surface area (Å²) in [4.78, 5) is 9.06. The summed E-state index contributed by atoms with van der Waals surface area (Å²) >= 11 is 0. The Bertz CT molecular complexity index is 602. The topological polar surface area (TPSA) is 35.5 Å². The lowest BCUT2D eigenvalue weighted by molar-refractivity contribution is -0.104. The van der Waals surface area contributed by atoms with Crippen molar-refractivity contribution in [1.29, 1.82) is 0 Å². The number of carbonyl (C=O) groups is 1. The summed E-state index contributed by atoms with van der Waals surface area (Å²) in [6.45, 7) is 16.1. The first-order chi connectivity index (χ1) is 12.8. The predicted molar refractivity (Wildman–Crippen MR) is 117 cm³/mol. The molecule has 0 heterocycles. The third-order valence-electron chi connectivity index (χ3n) is 2.96. The Morgan fingerprint density at radius 1 is 0.815 bits per heavy atom. The number of hydrogen-bond donors (Lipinski definition) is 0. The second-order valence-electron chi connectivity index (χ2n) is 5.46. The van der Waals surface area contributed by atoms with Gasteiger partial charge in [0, 0.05) is 0 Å². The van der Waals surface area contributed by atoms with Gasteiger partial charge >= 0.3 is 0 Å². The Labute approximate surface area is 164 Å². The van der Waals surface area contributed by atoms with Gasteiger partial charge in [-0.05, 0) is 51.1 Å². The summed E-state index contributed by atoms with van der Waals surface area (Å²) in [7, 11) is 3.34. The molecule has 0 spiro atoms. The summed E-state index contributed by atoms with van der Waals surface area (Å²) in [5.74, 6) is 1.83. The van der Waals surface area contributed by atoms with Gasteiger partial charge in [0.2, 0.25) is 0 Å². The Kier molecular flexibility index (Phi) is 17.2. The minimum absolute atomic E-state index is 0.639. The van der Waals surface area contributed by atoms with Crippen LogP contribution in [0.25, 0.3) is 0 Å². The lowest BCUT2D eigenvalue weighted by Crippen LogP contribution is -1.80. The van der Waals surface area contributed by atoms with Crippen LogP contribution in [-0.2, 0) is 4.79 Å². The van der Waals surface area contributed by atoms with Crippen LogP contribution in [0.1, 0.15) is 18.1 Å². The van der Waals surface area contributed by atoms with Gasteiger partial charge in [0.25, 0.3) is 0 Å². The van der Waals surface area contributed by atoms with Crippen LogP contribution in [0.3, 0.4) is 0 Å². The molecule has 0 saturated carbocycles. The van der Waals surface area contributed by atoms with E-state index in [9.17, 15) is 0 Å². The smallest absolute Gasteiger partial charge is 0.142 e. The number of carbonyl (C=O) groups excluding carboxylic acids is 1. The van der Waals surface area contributed by atoms with Crippen molar-refractivity contribution in [2.24, 2.45) is 0 Å². The van der Waals surface area contributed by atoms with Gasteiger partial charge in [-0.3, -0.25) is 4.79 Å². The number of rotatable bonds is 4. The van der Waals surface area contributed by atoms with Crippen molar-refractivity contribution in [3.05, 3.63) is 97.1 Å². The van der Waals surface area contributed by atoms with E-state index in [0.717, 1.165) is 17.1 Å². The molecule has 2 rings (SSSR count). The molecule has 0 aliphatic rings. The average Bonchev–Trinajstić information content (AvgIpc) is 2.70. The van der Waals surface area contributed by atoms with Gasteiger partial charge in [-0.15, -0.1) is 0 Å². The molecule has 0 atom stereocenters. The second kappa shape index (κ2) is 17.7. The Hall–Kier alpha value is -3.07. The van der Waals surface area contributed by atoms with Crippen molar-refractivity contribution in [1.82, 2.24) is 0 Å². The van der Waals surface area contributed by atoms with Crippen molar-refractivity contribution in [2.45, 2.75) is 20.8 Å². The number of aryl methyl sites for hydroxylation is 2. The highest BCUT2D eigenvalue weighted by atomic mass is 16.5. The average molecular weight is 369 g/mol. The number of allylic oxidation sites excluding steroid dienone is 3. The number of hydrogen-bond acceptors (Lipinski definition) is 3. The van der Waals surface area contributed by atoms with Crippen molar-refractivity contribution >= 4 is 6.29 Å². The van der Waals surface area contributed by atoms with E-state index in [4.69, 9.17) is 14.3 Å². The fourth-order valence-electron chi connectivity index (χ4n) is 1.35. The molecule has 0 radical (unpaired) electrons. The highest BCUT2D eigenvalue weighted by Gasteiger charge is 1.86. The van der Waals surface area contributed by atoms with Crippen molar-refractivity contribution in [3.63, 3.8) is 0 Å². The molecule has 0 unspecified atom stereocenters. The molecule has 0 amide bonds. The van der Waals surface area contributed by atoms with Crippen LogP contribution in [0.15, 0.2) is 86.0 Å². The molecular weight excluding hydrogens is 336 g/mol. The summed E-state index contributed by atoms with van der Waals surface area (Å²) in [6.07, 6.45) is 3.56. The van der Waals surface area contributed by atoms with Crippen molar-refractivity contribution in [2.75, 3.05) is 14.2 Å². The molecule has 0 aliphatic carbocycles. The first-order valence-electron chi connectivity index (χ1n) is 8.40. The van der Waals surface area contributed by atoms with Crippen LogP contribution in [-0.4, -0.2) is 20.5 Å². The van der Waals surface area contributed by atoms with Crippen molar-refractivity contribution in [3.8, 4) is 11.5 Å². The summed E-state index contributed by atoms with van der Waals surface area (Å²) in [5.41, 5.74) is 3.54. The molecule has 0 bridgehead atoms. The first kappa shape index (κ1) is 26.2. The van der Waals surface area contributed by atoms with Crippen LogP contribution >= 0.6 is 0 Å². The number of aldehydes is 1. The number of methoxy groups -OCH3 is 2. The van der Waals surface area contributed by atoms with Crippen LogP contribution in [0.4, 0.5) is 0 Å². The molecule has 3 heteroatoms. The molecule has 146 valence electrons. The Morgan fingerprint density at radius 3 is 1.22 bits per heavy atom. The largest absolute Gasteiger partial charge is 0.497 e. The molecule has 27 heavy (non-hydrogen) atoms.